The fourth-order valence-corrected chi connectivity index (χ4v) is 8.63. The summed E-state index contributed by atoms with van der Waals surface area (Å²) in [5.74, 6) is -1.30. The van der Waals surface area contributed by atoms with Crippen molar-refractivity contribution in [1.82, 2.24) is 29.4 Å². The van der Waals surface area contributed by atoms with Gasteiger partial charge in [-0.05, 0) is 54.7 Å². The van der Waals surface area contributed by atoms with E-state index < -0.39 is 33.7 Å². The van der Waals surface area contributed by atoms with Crippen LogP contribution in [0.25, 0.3) is 0 Å². The minimum absolute atomic E-state index is 0.0536. The van der Waals surface area contributed by atoms with E-state index in [9.17, 15) is 22.8 Å². The zero-order valence-electron chi connectivity index (χ0n) is 26.6. The number of anilines is 2. The fourth-order valence-electron chi connectivity index (χ4n) is 6.99. The Labute approximate surface area is 288 Å². The minimum atomic E-state index is -3.68. The van der Waals surface area contributed by atoms with E-state index in [1.165, 1.54) is 27.7 Å². The van der Waals surface area contributed by atoms with Crippen LogP contribution in [0.5, 0.6) is 0 Å². The molecule has 2 aromatic carbocycles. The van der Waals surface area contributed by atoms with Gasteiger partial charge in [0.05, 0.1) is 28.0 Å². The first-order valence-electron chi connectivity index (χ1n) is 16.3. The van der Waals surface area contributed by atoms with Crippen molar-refractivity contribution < 1.29 is 27.2 Å². The third kappa shape index (κ3) is 6.98. The van der Waals surface area contributed by atoms with E-state index in [1.54, 1.807) is 24.3 Å². The third-order valence-electron chi connectivity index (χ3n) is 9.65. The molecule has 0 aliphatic carbocycles. The van der Waals surface area contributed by atoms with E-state index in [-0.39, 0.29) is 41.8 Å². The number of piperidine rings is 2. The van der Waals surface area contributed by atoms with Crippen LogP contribution in [0, 0.1) is 5.82 Å². The number of sulfonamides is 1. The molecule has 3 fully saturated rings. The highest BCUT2D eigenvalue weighted by molar-refractivity contribution is 7.89. The molecule has 0 bridgehead atoms. The predicted molar refractivity (Wildman–Crippen MR) is 179 cm³/mol. The van der Waals surface area contributed by atoms with Gasteiger partial charge in [-0.2, -0.15) is 4.31 Å². The molecule has 49 heavy (non-hydrogen) atoms. The number of fused-ring (bicyclic) bond motifs is 1. The summed E-state index contributed by atoms with van der Waals surface area (Å²) in [6.07, 6.45) is 4.67. The number of benzene rings is 2. The molecule has 0 spiro atoms. The Morgan fingerprint density at radius 2 is 1.69 bits per heavy atom. The largest absolute Gasteiger partial charge is 0.367 e. The van der Waals surface area contributed by atoms with Gasteiger partial charge >= 0.3 is 0 Å². The van der Waals surface area contributed by atoms with Crippen molar-refractivity contribution in [3.63, 3.8) is 0 Å². The molecule has 258 valence electrons. The first-order chi connectivity index (χ1) is 23.5. The van der Waals surface area contributed by atoms with E-state index in [4.69, 9.17) is 11.6 Å². The van der Waals surface area contributed by atoms with Crippen LogP contribution in [0.1, 0.15) is 47.2 Å². The van der Waals surface area contributed by atoms with Crippen LogP contribution >= 0.6 is 11.6 Å². The second kappa shape index (κ2) is 13.6. The SMILES string of the molecule is O=C1CCC(N2Cc3cc(N4CCN(Cc5cccc(S(=O)(=O)N6CCC(Nc7ncc(Cl)cn7)CC6)c5)CC4)c(F)cc3C2=O)C(=O)N1. The van der Waals surface area contributed by atoms with Gasteiger partial charge in [0.1, 0.15) is 11.9 Å². The number of imide groups is 1. The maximum atomic E-state index is 15.4. The molecule has 3 aromatic rings. The monoisotopic (exact) mass is 710 g/mol. The maximum absolute atomic E-state index is 15.4. The van der Waals surface area contributed by atoms with Crippen molar-refractivity contribution in [3.8, 4) is 0 Å². The highest BCUT2D eigenvalue weighted by atomic mass is 35.5. The first-order valence-corrected chi connectivity index (χ1v) is 18.1. The molecular weight excluding hydrogens is 675 g/mol. The summed E-state index contributed by atoms with van der Waals surface area (Å²) in [6, 6.07) is 9.30. The lowest BCUT2D eigenvalue weighted by molar-refractivity contribution is -0.136. The second-order valence-electron chi connectivity index (χ2n) is 12.8. The van der Waals surface area contributed by atoms with Crippen LogP contribution in [0.3, 0.4) is 0 Å². The summed E-state index contributed by atoms with van der Waals surface area (Å²) in [7, 11) is -3.68. The van der Waals surface area contributed by atoms with Crippen molar-refractivity contribution in [2.75, 3.05) is 49.5 Å². The molecule has 16 heteroatoms. The Morgan fingerprint density at radius 1 is 0.959 bits per heavy atom. The molecule has 5 heterocycles. The zero-order valence-corrected chi connectivity index (χ0v) is 28.2. The van der Waals surface area contributed by atoms with E-state index in [0.29, 0.717) is 80.9 Å². The van der Waals surface area contributed by atoms with Crippen molar-refractivity contribution in [3.05, 3.63) is 76.3 Å². The molecule has 2 N–H and O–H groups in total. The van der Waals surface area contributed by atoms with Gasteiger partial charge in [0, 0.05) is 70.4 Å². The standard InChI is InChI=1S/C33H36ClFN8O5S/c34-23-17-36-33(37-18-23)38-24-6-8-42(9-7-24)49(47,48)25-3-1-2-21(14-25)19-40-10-12-41(13-11-40)29-15-22-20-43(32(46)26(22)16-27(29)35)28-4-5-30(44)39-31(28)45/h1-3,14-18,24,28H,4-13,19-20H2,(H,36,37,38)(H,39,44,45). The van der Waals surface area contributed by atoms with Crippen LogP contribution in [-0.4, -0.2) is 102 Å². The number of hydrogen-bond donors (Lipinski definition) is 2. The van der Waals surface area contributed by atoms with E-state index in [0.717, 1.165) is 5.56 Å². The molecule has 0 saturated carbocycles. The lowest BCUT2D eigenvalue weighted by Gasteiger charge is -2.36. The van der Waals surface area contributed by atoms with Crippen LogP contribution in [0.4, 0.5) is 16.0 Å². The Morgan fingerprint density at radius 3 is 2.41 bits per heavy atom. The molecule has 0 radical (unpaired) electrons. The lowest BCUT2D eigenvalue weighted by atomic mass is 10.0. The van der Waals surface area contributed by atoms with Gasteiger partial charge in [0.2, 0.25) is 27.8 Å². The smallest absolute Gasteiger partial charge is 0.255 e. The first kappa shape index (κ1) is 33.3. The summed E-state index contributed by atoms with van der Waals surface area (Å²) in [6.45, 7) is 3.83. The topological polar surface area (TPSA) is 148 Å². The summed E-state index contributed by atoms with van der Waals surface area (Å²) in [5.41, 5.74) is 2.18. The molecule has 4 aliphatic rings. The predicted octanol–water partition coefficient (Wildman–Crippen LogP) is 2.62. The second-order valence-corrected chi connectivity index (χ2v) is 15.2. The number of nitrogens with zero attached hydrogens (tertiary/aromatic N) is 6. The average molecular weight is 711 g/mol. The molecule has 13 nitrogen and oxygen atoms in total. The molecule has 1 aromatic heterocycles. The average Bonchev–Trinajstić information content (AvgIpc) is 3.40. The normalized spacial score (nSPS) is 21.2. The van der Waals surface area contributed by atoms with Gasteiger partial charge in [-0.25, -0.2) is 22.8 Å². The lowest BCUT2D eigenvalue weighted by Crippen LogP contribution is -2.52. The molecule has 3 amide bonds. The van der Waals surface area contributed by atoms with Gasteiger partial charge in [0.25, 0.3) is 5.91 Å². The van der Waals surface area contributed by atoms with E-state index in [1.807, 2.05) is 11.0 Å². The highest BCUT2D eigenvalue weighted by Gasteiger charge is 2.40. The molecule has 1 unspecified atom stereocenters. The van der Waals surface area contributed by atoms with Crippen molar-refractivity contribution in [2.45, 2.75) is 55.8 Å². The van der Waals surface area contributed by atoms with E-state index in [2.05, 4.69) is 25.5 Å². The Bertz CT molecular complexity index is 1880. The molecule has 3 saturated heterocycles. The Hall–Kier alpha value is -4.18. The van der Waals surface area contributed by atoms with Crippen LogP contribution in [-0.2, 0) is 32.7 Å². The summed E-state index contributed by atoms with van der Waals surface area (Å²) in [4.78, 5) is 51.2. The minimum Gasteiger partial charge on any atom is -0.367 e. The maximum Gasteiger partial charge on any atom is 0.255 e. The molecular formula is C33H36ClFN8O5S. The van der Waals surface area contributed by atoms with E-state index >= 15 is 4.39 Å². The molecule has 4 aliphatic heterocycles. The number of carbonyl (C=O) groups is 3. The number of rotatable bonds is 8. The van der Waals surface area contributed by atoms with Gasteiger partial charge < -0.3 is 15.1 Å². The number of halogens is 2. The number of carbonyl (C=O) groups excluding carboxylic acids is 3. The Kier molecular flexibility index (Phi) is 9.26. The fraction of sp³-hybridized carbons (Fsp3) is 0.424. The quantitative estimate of drug-likeness (QED) is 0.335. The zero-order chi connectivity index (χ0) is 34.3. The van der Waals surface area contributed by atoms with Gasteiger partial charge in [-0.3, -0.25) is 24.6 Å². The summed E-state index contributed by atoms with van der Waals surface area (Å²) >= 11 is 5.86. The number of amides is 3. The van der Waals surface area contributed by atoms with Crippen LogP contribution in [0.15, 0.2) is 53.7 Å². The van der Waals surface area contributed by atoms with Gasteiger partial charge in [-0.15, -0.1) is 0 Å². The third-order valence-corrected chi connectivity index (χ3v) is 11.7. The van der Waals surface area contributed by atoms with Crippen molar-refractivity contribution in [1.29, 1.82) is 0 Å². The van der Waals surface area contributed by atoms with Crippen LogP contribution < -0.4 is 15.5 Å². The number of aromatic nitrogens is 2. The summed E-state index contributed by atoms with van der Waals surface area (Å²) < 4.78 is 44.0. The van der Waals surface area contributed by atoms with Crippen molar-refractivity contribution >= 4 is 51.0 Å². The van der Waals surface area contributed by atoms with Crippen molar-refractivity contribution in [2.24, 2.45) is 0 Å². The highest BCUT2D eigenvalue weighted by Crippen LogP contribution is 2.33. The van der Waals surface area contributed by atoms with Crippen LogP contribution in [0.2, 0.25) is 5.02 Å². The number of hydrogen-bond acceptors (Lipinski definition) is 10. The molecule has 1 atom stereocenters. The Balaban J connectivity index is 0.939. The van der Waals surface area contributed by atoms with Gasteiger partial charge in [0.15, 0.2) is 0 Å². The number of nitrogens with one attached hydrogen (secondary N) is 2. The summed E-state index contributed by atoms with van der Waals surface area (Å²) in [5, 5.41) is 5.98. The van der Waals surface area contributed by atoms with Gasteiger partial charge in [-0.1, -0.05) is 23.7 Å². The number of piperazine rings is 1. The molecule has 7 rings (SSSR count).